The van der Waals surface area contributed by atoms with Crippen LogP contribution in [0, 0.1) is 6.92 Å². The van der Waals surface area contributed by atoms with E-state index in [1.165, 1.54) is 11.1 Å². The zero-order valence-electron chi connectivity index (χ0n) is 14.8. The molecule has 0 saturated carbocycles. The van der Waals surface area contributed by atoms with Crippen molar-refractivity contribution in [1.29, 1.82) is 0 Å². The van der Waals surface area contributed by atoms with E-state index in [-0.39, 0.29) is 5.91 Å². The standard InChI is InChI=1S/C21H21N3O2/c1-15-4-3-5-16(12-15)14-23-18-10-11-22-20(13-18)21(25)24-17-6-8-19(26-2)9-7-17/h3-13H,14H2,1-2H3,(H,22,23)(H,24,25). The van der Waals surface area contributed by atoms with Crippen LogP contribution in [-0.4, -0.2) is 18.0 Å². The summed E-state index contributed by atoms with van der Waals surface area (Å²) in [5.41, 5.74) is 4.30. The summed E-state index contributed by atoms with van der Waals surface area (Å²) in [7, 11) is 1.60. The molecule has 0 aliphatic heterocycles. The Kier molecular flexibility index (Phi) is 5.49. The van der Waals surface area contributed by atoms with Crippen LogP contribution in [0.1, 0.15) is 21.6 Å². The lowest BCUT2D eigenvalue weighted by molar-refractivity contribution is 0.102. The fourth-order valence-corrected chi connectivity index (χ4v) is 2.56. The van der Waals surface area contributed by atoms with Crippen molar-refractivity contribution in [3.05, 3.63) is 83.7 Å². The van der Waals surface area contributed by atoms with Crippen molar-refractivity contribution in [3.63, 3.8) is 0 Å². The molecule has 0 unspecified atom stereocenters. The highest BCUT2D eigenvalue weighted by Crippen LogP contribution is 2.17. The highest BCUT2D eigenvalue weighted by molar-refractivity contribution is 6.03. The molecule has 26 heavy (non-hydrogen) atoms. The van der Waals surface area contributed by atoms with Crippen molar-refractivity contribution in [1.82, 2.24) is 4.98 Å². The molecule has 0 radical (unpaired) electrons. The SMILES string of the molecule is COc1ccc(NC(=O)c2cc(NCc3cccc(C)c3)ccn2)cc1. The molecule has 5 nitrogen and oxygen atoms in total. The van der Waals surface area contributed by atoms with Gasteiger partial charge < -0.3 is 15.4 Å². The molecule has 132 valence electrons. The van der Waals surface area contributed by atoms with Gasteiger partial charge in [-0.2, -0.15) is 0 Å². The van der Waals surface area contributed by atoms with Crippen LogP contribution in [-0.2, 0) is 6.54 Å². The molecule has 0 aliphatic rings. The minimum absolute atomic E-state index is 0.255. The first-order chi connectivity index (χ1) is 12.6. The summed E-state index contributed by atoms with van der Waals surface area (Å²) >= 11 is 0. The molecule has 0 saturated heterocycles. The number of ether oxygens (including phenoxy) is 1. The maximum Gasteiger partial charge on any atom is 0.274 e. The van der Waals surface area contributed by atoms with Gasteiger partial charge in [-0.05, 0) is 48.9 Å². The number of methoxy groups -OCH3 is 1. The van der Waals surface area contributed by atoms with Crippen molar-refractivity contribution in [2.45, 2.75) is 13.5 Å². The Morgan fingerprint density at radius 1 is 1.04 bits per heavy atom. The third-order valence-electron chi connectivity index (χ3n) is 3.92. The molecule has 1 aromatic heterocycles. The second kappa shape index (κ2) is 8.16. The third kappa shape index (κ3) is 4.60. The molecule has 0 spiro atoms. The van der Waals surface area contributed by atoms with E-state index in [2.05, 4.69) is 40.7 Å². The first-order valence-corrected chi connectivity index (χ1v) is 8.35. The number of anilines is 2. The lowest BCUT2D eigenvalue weighted by Crippen LogP contribution is -2.14. The molecule has 3 rings (SSSR count). The number of carbonyl (C=O) groups is 1. The Morgan fingerprint density at radius 2 is 1.85 bits per heavy atom. The molecule has 1 heterocycles. The van der Waals surface area contributed by atoms with Crippen LogP contribution in [0.2, 0.25) is 0 Å². The Balaban J connectivity index is 1.64. The number of pyridine rings is 1. The summed E-state index contributed by atoms with van der Waals surface area (Å²) in [4.78, 5) is 16.6. The van der Waals surface area contributed by atoms with Crippen LogP contribution in [0.4, 0.5) is 11.4 Å². The van der Waals surface area contributed by atoms with E-state index in [9.17, 15) is 4.79 Å². The largest absolute Gasteiger partial charge is 0.497 e. The number of hydrogen-bond donors (Lipinski definition) is 2. The molecule has 0 aliphatic carbocycles. The quantitative estimate of drug-likeness (QED) is 0.699. The van der Waals surface area contributed by atoms with Crippen molar-refractivity contribution >= 4 is 17.3 Å². The van der Waals surface area contributed by atoms with Gasteiger partial charge in [0.2, 0.25) is 0 Å². The van der Waals surface area contributed by atoms with Crippen LogP contribution in [0.25, 0.3) is 0 Å². The normalized spacial score (nSPS) is 10.2. The highest BCUT2D eigenvalue weighted by atomic mass is 16.5. The number of aryl methyl sites for hydroxylation is 1. The number of nitrogens with one attached hydrogen (secondary N) is 2. The van der Waals surface area contributed by atoms with Gasteiger partial charge in [0.05, 0.1) is 7.11 Å². The van der Waals surface area contributed by atoms with E-state index in [4.69, 9.17) is 4.74 Å². The Labute approximate surface area is 153 Å². The van der Waals surface area contributed by atoms with Crippen LogP contribution in [0.15, 0.2) is 66.9 Å². The smallest absolute Gasteiger partial charge is 0.274 e. The number of nitrogens with zero attached hydrogens (tertiary/aromatic N) is 1. The van der Waals surface area contributed by atoms with Crippen molar-refractivity contribution in [3.8, 4) is 5.75 Å². The highest BCUT2D eigenvalue weighted by Gasteiger charge is 2.09. The molecule has 0 fully saturated rings. The zero-order chi connectivity index (χ0) is 18.4. The fraction of sp³-hybridized carbons (Fsp3) is 0.143. The van der Waals surface area contributed by atoms with Gasteiger partial charge in [-0.15, -0.1) is 0 Å². The first kappa shape index (κ1) is 17.5. The van der Waals surface area contributed by atoms with Crippen molar-refractivity contribution in [2.24, 2.45) is 0 Å². The second-order valence-electron chi connectivity index (χ2n) is 5.95. The van der Waals surface area contributed by atoms with Gasteiger partial charge in [-0.1, -0.05) is 29.8 Å². The Bertz CT molecular complexity index is 892. The molecule has 2 N–H and O–H groups in total. The third-order valence-corrected chi connectivity index (χ3v) is 3.92. The van der Waals surface area contributed by atoms with Gasteiger partial charge in [0, 0.05) is 24.1 Å². The predicted molar refractivity (Wildman–Crippen MR) is 104 cm³/mol. The average Bonchev–Trinajstić information content (AvgIpc) is 2.67. The molecule has 3 aromatic rings. The summed E-state index contributed by atoms with van der Waals surface area (Å²) in [5, 5.41) is 6.16. The Morgan fingerprint density at radius 3 is 2.58 bits per heavy atom. The molecule has 5 heteroatoms. The van der Waals surface area contributed by atoms with Crippen LogP contribution >= 0.6 is 0 Å². The van der Waals surface area contributed by atoms with E-state index in [0.717, 1.165) is 11.4 Å². The second-order valence-corrected chi connectivity index (χ2v) is 5.95. The number of benzene rings is 2. The van der Waals surface area contributed by atoms with Crippen molar-refractivity contribution in [2.75, 3.05) is 17.7 Å². The molecule has 0 bridgehead atoms. The number of amides is 1. The van der Waals surface area contributed by atoms with E-state index in [1.54, 1.807) is 43.6 Å². The topological polar surface area (TPSA) is 63.2 Å². The minimum atomic E-state index is -0.255. The number of hydrogen-bond acceptors (Lipinski definition) is 4. The van der Waals surface area contributed by atoms with Gasteiger partial charge >= 0.3 is 0 Å². The zero-order valence-corrected chi connectivity index (χ0v) is 14.8. The molecule has 2 aromatic carbocycles. The van der Waals surface area contributed by atoms with Gasteiger partial charge in [-0.3, -0.25) is 9.78 Å². The number of aromatic nitrogens is 1. The molecule has 0 atom stereocenters. The lowest BCUT2D eigenvalue weighted by atomic mass is 10.1. The average molecular weight is 347 g/mol. The molecular formula is C21H21N3O2. The van der Waals surface area contributed by atoms with E-state index >= 15 is 0 Å². The van der Waals surface area contributed by atoms with E-state index in [1.807, 2.05) is 12.1 Å². The summed E-state index contributed by atoms with van der Waals surface area (Å²) in [6.45, 7) is 2.75. The Hall–Kier alpha value is -3.34. The van der Waals surface area contributed by atoms with Gasteiger partial charge in [0.25, 0.3) is 5.91 Å². The number of carbonyl (C=O) groups excluding carboxylic acids is 1. The lowest BCUT2D eigenvalue weighted by Gasteiger charge is -2.09. The van der Waals surface area contributed by atoms with Gasteiger partial charge in [0.15, 0.2) is 0 Å². The monoisotopic (exact) mass is 347 g/mol. The fourth-order valence-electron chi connectivity index (χ4n) is 2.56. The molecular weight excluding hydrogens is 326 g/mol. The molecule has 1 amide bonds. The first-order valence-electron chi connectivity index (χ1n) is 8.35. The van der Waals surface area contributed by atoms with Crippen LogP contribution in [0.5, 0.6) is 5.75 Å². The van der Waals surface area contributed by atoms with Gasteiger partial charge in [0.1, 0.15) is 11.4 Å². The van der Waals surface area contributed by atoms with Gasteiger partial charge in [-0.25, -0.2) is 0 Å². The summed E-state index contributed by atoms with van der Waals surface area (Å²) in [6.07, 6.45) is 1.63. The summed E-state index contributed by atoms with van der Waals surface area (Å²) in [5.74, 6) is 0.484. The number of rotatable bonds is 6. The van der Waals surface area contributed by atoms with Crippen molar-refractivity contribution < 1.29 is 9.53 Å². The summed E-state index contributed by atoms with van der Waals surface area (Å²) in [6, 6.07) is 19.1. The van der Waals surface area contributed by atoms with Crippen LogP contribution < -0.4 is 15.4 Å². The maximum atomic E-state index is 12.4. The van der Waals surface area contributed by atoms with E-state index in [0.29, 0.717) is 17.9 Å². The predicted octanol–water partition coefficient (Wildman–Crippen LogP) is 4.26. The minimum Gasteiger partial charge on any atom is -0.497 e. The summed E-state index contributed by atoms with van der Waals surface area (Å²) < 4.78 is 5.11. The van der Waals surface area contributed by atoms with E-state index < -0.39 is 0 Å². The maximum absolute atomic E-state index is 12.4. The van der Waals surface area contributed by atoms with Crippen LogP contribution in [0.3, 0.4) is 0 Å².